The first-order chi connectivity index (χ1) is 12.3. The lowest BCUT2D eigenvalue weighted by atomic mass is 10.2. The molecule has 10 heteroatoms. The molecule has 3 rings (SSSR count). The Kier molecular flexibility index (Phi) is 5.23. The molecule has 8 nitrogen and oxygen atoms in total. The zero-order valence-corrected chi connectivity index (χ0v) is 15.6. The van der Waals surface area contributed by atoms with Crippen molar-refractivity contribution in [3.05, 3.63) is 40.9 Å². The van der Waals surface area contributed by atoms with E-state index in [0.717, 1.165) is 5.69 Å². The number of hydrogen-bond acceptors (Lipinski definition) is 6. The second kappa shape index (κ2) is 7.42. The summed E-state index contributed by atoms with van der Waals surface area (Å²) in [5, 5.41) is 10.3. The second-order valence-electron chi connectivity index (χ2n) is 6.03. The SMILES string of the molecule is Cc1csc(NC(=O)c2cccc(NC(=O)N[C@@H]3CCS(=O)(=O)C3)c2)n1. The Morgan fingerprint density at radius 3 is 2.73 bits per heavy atom. The van der Waals surface area contributed by atoms with Crippen molar-refractivity contribution in [3.63, 3.8) is 0 Å². The summed E-state index contributed by atoms with van der Waals surface area (Å²) in [5.41, 5.74) is 1.64. The summed E-state index contributed by atoms with van der Waals surface area (Å²) in [6.45, 7) is 1.84. The lowest BCUT2D eigenvalue weighted by Crippen LogP contribution is -2.38. The third kappa shape index (κ3) is 4.79. The Morgan fingerprint density at radius 2 is 2.08 bits per heavy atom. The van der Waals surface area contributed by atoms with Crippen LogP contribution in [0.25, 0.3) is 0 Å². The number of urea groups is 1. The quantitative estimate of drug-likeness (QED) is 0.733. The number of anilines is 2. The molecule has 2 aromatic rings. The first kappa shape index (κ1) is 18.3. The number of benzene rings is 1. The number of sulfone groups is 1. The van der Waals surface area contributed by atoms with Gasteiger partial charge in [-0.25, -0.2) is 18.2 Å². The van der Waals surface area contributed by atoms with Crippen LogP contribution >= 0.6 is 11.3 Å². The van der Waals surface area contributed by atoms with Crippen molar-refractivity contribution < 1.29 is 18.0 Å². The average Bonchev–Trinajstić information content (AvgIpc) is 3.12. The van der Waals surface area contributed by atoms with Crippen molar-refractivity contribution >= 4 is 43.9 Å². The van der Waals surface area contributed by atoms with Gasteiger partial charge in [0.2, 0.25) is 0 Å². The monoisotopic (exact) mass is 394 g/mol. The summed E-state index contributed by atoms with van der Waals surface area (Å²) in [4.78, 5) is 28.5. The minimum absolute atomic E-state index is 0.0455. The maximum atomic E-state index is 12.3. The summed E-state index contributed by atoms with van der Waals surface area (Å²) in [6, 6.07) is 5.58. The summed E-state index contributed by atoms with van der Waals surface area (Å²) in [5.74, 6) is -0.287. The molecule has 1 fully saturated rings. The molecule has 0 saturated carbocycles. The molecule has 1 aromatic carbocycles. The number of carbonyl (C=O) groups excluding carboxylic acids is 2. The van der Waals surface area contributed by atoms with Crippen LogP contribution in [0.15, 0.2) is 29.6 Å². The topological polar surface area (TPSA) is 117 Å². The second-order valence-corrected chi connectivity index (χ2v) is 9.11. The van der Waals surface area contributed by atoms with E-state index in [-0.39, 0.29) is 23.5 Å². The first-order valence-electron chi connectivity index (χ1n) is 7.92. The zero-order chi connectivity index (χ0) is 18.7. The van der Waals surface area contributed by atoms with Gasteiger partial charge in [-0.2, -0.15) is 0 Å². The standard InChI is InChI=1S/C16H18N4O4S2/c1-10-8-25-16(17-10)20-14(21)11-3-2-4-12(7-11)18-15(22)19-13-5-6-26(23,24)9-13/h2-4,7-8,13H,5-6,9H2,1H3,(H,17,20,21)(H2,18,19,22)/t13-/m1/s1. The van der Waals surface area contributed by atoms with Gasteiger partial charge in [-0.05, 0) is 31.5 Å². The van der Waals surface area contributed by atoms with Gasteiger partial charge in [-0.15, -0.1) is 11.3 Å². The van der Waals surface area contributed by atoms with Crippen LogP contribution < -0.4 is 16.0 Å². The average molecular weight is 394 g/mol. The highest BCUT2D eigenvalue weighted by molar-refractivity contribution is 7.91. The Morgan fingerprint density at radius 1 is 1.27 bits per heavy atom. The molecular formula is C16H18N4O4S2. The molecule has 0 radical (unpaired) electrons. The van der Waals surface area contributed by atoms with E-state index in [1.54, 1.807) is 24.3 Å². The van der Waals surface area contributed by atoms with Gasteiger partial charge in [0.15, 0.2) is 15.0 Å². The van der Waals surface area contributed by atoms with E-state index in [1.807, 2.05) is 12.3 Å². The van der Waals surface area contributed by atoms with Gasteiger partial charge < -0.3 is 10.6 Å². The van der Waals surface area contributed by atoms with Crippen molar-refractivity contribution in [1.29, 1.82) is 0 Å². The third-order valence-corrected chi connectivity index (χ3v) is 6.43. The van der Waals surface area contributed by atoms with Crippen molar-refractivity contribution in [1.82, 2.24) is 10.3 Å². The summed E-state index contributed by atoms with van der Waals surface area (Å²) >= 11 is 1.33. The zero-order valence-electron chi connectivity index (χ0n) is 14.0. The minimum Gasteiger partial charge on any atom is -0.334 e. The van der Waals surface area contributed by atoms with Gasteiger partial charge in [0.05, 0.1) is 17.2 Å². The molecule has 3 N–H and O–H groups in total. The van der Waals surface area contributed by atoms with Gasteiger partial charge in [0, 0.05) is 22.7 Å². The van der Waals surface area contributed by atoms with Crippen LogP contribution in [0.5, 0.6) is 0 Å². The molecule has 0 aliphatic carbocycles. The highest BCUT2D eigenvalue weighted by Crippen LogP contribution is 2.17. The first-order valence-corrected chi connectivity index (χ1v) is 10.6. The molecule has 0 spiro atoms. The van der Waals surface area contributed by atoms with Crippen LogP contribution in [0.4, 0.5) is 15.6 Å². The number of amides is 3. The van der Waals surface area contributed by atoms with Crippen molar-refractivity contribution in [2.75, 3.05) is 22.1 Å². The van der Waals surface area contributed by atoms with Crippen LogP contribution in [-0.4, -0.2) is 42.9 Å². The van der Waals surface area contributed by atoms with Crippen LogP contribution in [0.2, 0.25) is 0 Å². The van der Waals surface area contributed by atoms with Gasteiger partial charge in [0.25, 0.3) is 5.91 Å². The number of rotatable bonds is 4. The van der Waals surface area contributed by atoms with Crippen LogP contribution in [0.3, 0.4) is 0 Å². The third-order valence-electron chi connectivity index (χ3n) is 3.79. The molecule has 1 aliphatic rings. The van der Waals surface area contributed by atoms with E-state index < -0.39 is 15.9 Å². The minimum atomic E-state index is -3.06. The molecule has 1 atom stereocenters. The van der Waals surface area contributed by atoms with E-state index in [9.17, 15) is 18.0 Å². The van der Waals surface area contributed by atoms with Crippen LogP contribution in [0.1, 0.15) is 22.5 Å². The van der Waals surface area contributed by atoms with Gasteiger partial charge in [0.1, 0.15) is 0 Å². The van der Waals surface area contributed by atoms with E-state index >= 15 is 0 Å². The van der Waals surface area contributed by atoms with E-state index in [4.69, 9.17) is 0 Å². The number of aryl methyl sites for hydroxylation is 1. The molecule has 2 heterocycles. The van der Waals surface area contributed by atoms with E-state index in [0.29, 0.717) is 22.8 Å². The smallest absolute Gasteiger partial charge is 0.319 e. The Labute approximate surface area is 154 Å². The number of thiazole rings is 1. The van der Waals surface area contributed by atoms with E-state index in [2.05, 4.69) is 20.9 Å². The van der Waals surface area contributed by atoms with Gasteiger partial charge >= 0.3 is 6.03 Å². The highest BCUT2D eigenvalue weighted by atomic mass is 32.2. The molecule has 1 aliphatic heterocycles. The predicted octanol–water partition coefficient (Wildman–Crippen LogP) is 2.01. The summed E-state index contributed by atoms with van der Waals surface area (Å²) in [7, 11) is -3.06. The Bertz CT molecular complexity index is 939. The van der Waals surface area contributed by atoms with Gasteiger partial charge in [-0.1, -0.05) is 6.07 Å². The number of carbonyl (C=O) groups is 2. The maximum absolute atomic E-state index is 12.3. The van der Waals surface area contributed by atoms with Crippen molar-refractivity contribution in [2.45, 2.75) is 19.4 Å². The lowest BCUT2D eigenvalue weighted by molar-refractivity contribution is 0.102. The predicted molar refractivity (Wildman–Crippen MR) is 100 cm³/mol. The number of nitrogens with one attached hydrogen (secondary N) is 3. The van der Waals surface area contributed by atoms with Crippen LogP contribution in [0, 0.1) is 6.92 Å². The maximum Gasteiger partial charge on any atom is 0.319 e. The molecule has 138 valence electrons. The van der Waals surface area contributed by atoms with Gasteiger partial charge in [-0.3, -0.25) is 10.1 Å². The highest BCUT2D eigenvalue weighted by Gasteiger charge is 2.28. The van der Waals surface area contributed by atoms with Crippen molar-refractivity contribution in [2.24, 2.45) is 0 Å². The lowest BCUT2D eigenvalue weighted by Gasteiger charge is -2.12. The normalized spacial score (nSPS) is 18.3. The number of hydrogen-bond donors (Lipinski definition) is 3. The Balaban J connectivity index is 1.60. The molecule has 1 aromatic heterocycles. The van der Waals surface area contributed by atoms with E-state index in [1.165, 1.54) is 11.3 Å². The largest absolute Gasteiger partial charge is 0.334 e. The van der Waals surface area contributed by atoms with Crippen molar-refractivity contribution in [3.8, 4) is 0 Å². The number of nitrogens with zero attached hydrogens (tertiary/aromatic N) is 1. The van der Waals surface area contributed by atoms with Crippen LogP contribution in [-0.2, 0) is 9.84 Å². The molecule has 0 bridgehead atoms. The fourth-order valence-electron chi connectivity index (χ4n) is 2.58. The fraction of sp³-hybridized carbons (Fsp3) is 0.312. The summed E-state index contributed by atoms with van der Waals surface area (Å²) in [6.07, 6.45) is 0.408. The Hall–Kier alpha value is -2.46. The molecular weight excluding hydrogens is 376 g/mol. The molecule has 3 amide bonds. The fourth-order valence-corrected chi connectivity index (χ4v) is 4.94. The molecule has 26 heavy (non-hydrogen) atoms. The molecule has 1 saturated heterocycles. The molecule has 0 unspecified atom stereocenters. The summed E-state index contributed by atoms with van der Waals surface area (Å²) < 4.78 is 22.9. The number of aromatic nitrogens is 1.